The Balaban J connectivity index is 1.91. The Hall–Kier alpha value is -1.72. The molecule has 4 nitrogen and oxygen atoms in total. The van der Waals surface area contributed by atoms with Crippen LogP contribution in [0.2, 0.25) is 0 Å². The Morgan fingerprint density at radius 1 is 1.40 bits per heavy atom. The molecule has 1 aromatic carbocycles. The second kappa shape index (κ2) is 6.63. The first-order valence-electron chi connectivity index (χ1n) is 6.58. The molecule has 5 heteroatoms. The van der Waals surface area contributed by atoms with E-state index in [4.69, 9.17) is 5.73 Å². The lowest BCUT2D eigenvalue weighted by Crippen LogP contribution is -2.42. The maximum absolute atomic E-state index is 12.1. The third-order valence-electron chi connectivity index (χ3n) is 3.00. The van der Waals surface area contributed by atoms with Crippen LogP contribution in [0.1, 0.15) is 29.2 Å². The van der Waals surface area contributed by atoms with Gasteiger partial charge in [0.05, 0.1) is 12.1 Å². The van der Waals surface area contributed by atoms with Crippen LogP contribution in [0.4, 0.5) is 0 Å². The Kier molecular flexibility index (Phi) is 4.87. The SMILES string of the molecule is Cc1csc(C(C)NC(=O)C(N)Cc2ccccc2)n1. The molecule has 2 aromatic rings. The van der Waals surface area contributed by atoms with Gasteiger partial charge in [0, 0.05) is 11.1 Å². The van der Waals surface area contributed by atoms with Crippen LogP contribution in [-0.4, -0.2) is 16.9 Å². The molecule has 0 aliphatic carbocycles. The van der Waals surface area contributed by atoms with Crippen molar-refractivity contribution in [3.05, 3.63) is 52.0 Å². The minimum atomic E-state index is -0.541. The zero-order valence-corrected chi connectivity index (χ0v) is 12.5. The Labute approximate surface area is 123 Å². The van der Waals surface area contributed by atoms with E-state index in [2.05, 4.69) is 10.3 Å². The van der Waals surface area contributed by atoms with Gasteiger partial charge in [0.1, 0.15) is 5.01 Å². The van der Waals surface area contributed by atoms with Gasteiger partial charge in [0.15, 0.2) is 0 Å². The van der Waals surface area contributed by atoms with Crippen molar-refractivity contribution in [2.24, 2.45) is 5.73 Å². The Morgan fingerprint density at radius 3 is 2.70 bits per heavy atom. The van der Waals surface area contributed by atoms with Crippen LogP contribution in [-0.2, 0) is 11.2 Å². The van der Waals surface area contributed by atoms with E-state index in [0.717, 1.165) is 16.3 Å². The molecule has 0 bridgehead atoms. The number of nitrogens with zero attached hydrogens (tertiary/aromatic N) is 1. The van der Waals surface area contributed by atoms with Gasteiger partial charge < -0.3 is 11.1 Å². The molecule has 1 amide bonds. The molecule has 0 saturated carbocycles. The highest BCUT2D eigenvalue weighted by atomic mass is 32.1. The summed E-state index contributed by atoms with van der Waals surface area (Å²) in [6.07, 6.45) is 0.538. The Morgan fingerprint density at radius 2 is 2.10 bits per heavy atom. The number of carbonyl (C=O) groups is 1. The summed E-state index contributed by atoms with van der Waals surface area (Å²) in [5, 5.41) is 5.79. The van der Waals surface area contributed by atoms with Crippen LogP contribution in [0.15, 0.2) is 35.7 Å². The third kappa shape index (κ3) is 3.88. The van der Waals surface area contributed by atoms with E-state index in [1.54, 1.807) is 11.3 Å². The van der Waals surface area contributed by atoms with E-state index in [9.17, 15) is 4.79 Å². The summed E-state index contributed by atoms with van der Waals surface area (Å²) in [6.45, 7) is 3.86. The number of nitrogens with two attached hydrogens (primary N) is 1. The molecule has 0 saturated heterocycles. The lowest BCUT2D eigenvalue weighted by atomic mass is 10.1. The summed E-state index contributed by atoms with van der Waals surface area (Å²) in [6, 6.07) is 9.13. The normalized spacial score (nSPS) is 13.8. The fraction of sp³-hybridized carbons (Fsp3) is 0.333. The fourth-order valence-corrected chi connectivity index (χ4v) is 2.72. The molecule has 106 valence electrons. The molecule has 2 unspecified atom stereocenters. The first-order chi connectivity index (χ1) is 9.56. The summed E-state index contributed by atoms with van der Waals surface area (Å²) in [4.78, 5) is 16.4. The highest BCUT2D eigenvalue weighted by Crippen LogP contribution is 2.17. The van der Waals surface area contributed by atoms with Crippen molar-refractivity contribution in [3.63, 3.8) is 0 Å². The molecule has 2 atom stereocenters. The van der Waals surface area contributed by atoms with Gasteiger partial charge in [-0.25, -0.2) is 4.98 Å². The van der Waals surface area contributed by atoms with Crippen molar-refractivity contribution in [1.82, 2.24) is 10.3 Å². The molecule has 0 aliphatic heterocycles. The van der Waals surface area contributed by atoms with E-state index in [1.165, 1.54) is 0 Å². The van der Waals surface area contributed by atoms with Crippen molar-refractivity contribution in [1.29, 1.82) is 0 Å². The molecule has 1 heterocycles. The van der Waals surface area contributed by atoms with Gasteiger partial charge in [-0.15, -0.1) is 11.3 Å². The van der Waals surface area contributed by atoms with Crippen LogP contribution in [0.3, 0.4) is 0 Å². The summed E-state index contributed by atoms with van der Waals surface area (Å²) in [7, 11) is 0. The smallest absolute Gasteiger partial charge is 0.237 e. The van der Waals surface area contributed by atoms with Crippen molar-refractivity contribution >= 4 is 17.2 Å². The van der Waals surface area contributed by atoms with E-state index in [0.29, 0.717) is 6.42 Å². The van der Waals surface area contributed by atoms with E-state index in [-0.39, 0.29) is 11.9 Å². The van der Waals surface area contributed by atoms with Gasteiger partial charge in [-0.1, -0.05) is 30.3 Å². The number of benzene rings is 1. The van der Waals surface area contributed by atoms with Crippen LogP contribution in [0.5, 0.6) is 0 Å². The summed E-state index contributed by atoms with van der Waals surface area (Å²) < 4.78 is 0. The van der Waals surface area contributed by atoms with Crippen LogP contribution in [0, 0.1) is 6.92 Å². The Bertz CT molecular complexity index is 568. The van der Waals surface area contributed by atoms with Gasteiger partial charge in [-0.3, -0.25) is 4.79 Å². The lowest BCUT2D eigenvalue weighted by molar-refractivity contribution is -0.123. The minimum absolute atomic E-state index is 0.108. The summed E-state index contributed by atoms with van der Waals surface area (Å²) in [5.41, 5.74) is 7.99. The van der Waals surface area contributed by atoms with Crippen LogP contribution >= 0.6 is 11.3 Å². The van der Waals surface area contributed by atoms with Crippen molar-refractivity contribution in [2.75, 3.05) is 0 Å². The van der Waals surface area contributed by atoms with Crippen molar-refractivity contribution < 1.29 is 4.79 Å². The summed E-state index contributed by atoms with van der Waals surface area (Å²) >= 11 is 1.55. The molecule has 0 radical (unpaired) electrons. The van der Waals surface area contributed by atoms with E-state index in [1.807, 2.05) is 49.6 Å². The van der Waals surface area contributed by atoms with Gasteiger partial charge in [0.2, 0.25) is 5.91 Å². The standard InChI is InChI=1S/C15H19N3OS/c1-10-9-20-15(17-10)11(2)18-14(19)13(16)8-12-6-4-3-5-7-12/h3-7,9,11,13H,8,16H2,1-2H3,(H,18,19). The van der Waals surface area contributed by atoms with Gasteiger partial charge in [-0.2, -0.15) is 0 Å². The molecule has 0 spiro atoms. The average Bonchev–Trinajstić information content (AvgIpc) is 2.86. The monoisotopic (exact) mass is 289 g/mol. The first kappa shape index (κ1) is 14.7. The third-order valence-corrected chi connectivity index (χ3v) is 4.15. The number of carbonyl (C=O) groups excluding carboxylic acids is 1. The lowest BCUT2D eigenvalue weighted by Gasteiger charge is -2.16. The van der Waals surface area contributed by atoms with Gasteiger partial charge >= 0.3 is 0 Å². The molecular weight excluding hydrogens is 270 g/mol. The van der Waals surface area contributed by atoms with Crippen LogP contribution in [0.25, 0.3) is 0 Å². The molecule has 1 aromatic heterocycles. The molecule has 3 N–H and O–H groups in total. The topological polar surface area (TPSA) is 68.0 Å². The van der Waals surface area contributed by atoms with Gasteiger partial charge in [0.25, 0.3) is 0 Å². The molecule has 0 fully saturated rings. The number of thiazole rings is 1. The summed E-state index contributed by atoms with van der Waals surface area (Å²) in [5.74, 6) is -0.144. The van der Waals surface area contributed by atoms with Gasteiger partial charge in [-0.05, 0) is 25.8 Å². The molecule has 2 rings (SSSR count). The highest BCUT2D eigenvalue weighted by molar-refractivity contribution is 7.09. The fourth-order valence-electron chi connectivity index (χ4n) is 1.91. The number of amides is 1. The van der Waals surface area contributed by atoms with Crippen molar-refractivity contribution in [2.45, 2.75) is 32.4 Å². The highest BCUT2D eigenvalue weighted by Gasteiger charge is 2.18. The average molecular weight is 289 g/mol. The quantitative estimate of drug-likeness (QED) is 0.886. The van der Waals surface area contributed by atoms with Crippen molar-refractivity contribution in [3.8, 4) is 0 Å². The molecule has 0 aliphatic rings. The number of aromatic nitrogens is 1. The predicted molar refractivity (Wildman–Crippen MR) is 81.5 cm³/mol. The first-order valence-corrected chi connectivity index (χ1v) is 7.46. The van der Waals surface area contributed by atoms with Crippen LogP contribution < -0.4 is 11.1 Å². The number of hydrogen-bond acceptors (Lipinski definition) is 4. The predicted octanol–water partition coefficient (Wildman–Crippen LogP) is 2.20. The maximum atomic E-state index is 12.1. The number of hydrogen-bond donors (Lipinski definition) is 2. The minimum Gasteiger partial charge on any atom is -0.346 e. The zero-order valence-electron chi connectivity index (χ0n) is 11.7. The number of nitrogens with one attached hydrogen (secondary N) is 1. The second-order valence-corrected chi connectivity index (χ2v) is 5.74. The van der Waals surface area contributed by atoms with E-state index >= 15 is 0 Å². The largest absolute Gasteiger partial charge is 0.346 e. The number of aryl methyl sites for hydroxylation is 1. The second-order valence-electron chi connectivity index (χ2n) is 4.85. The maximum Gasteiger partial charge on any atom is 0.237 e. The number of rotatable bonds is 5. The molecular formula is C15H19N3OS. The van der Waals surface area contributed by atoms with E-state index < -0.39 is 6.04 Å². The zero-order chi connectivity index (χ0) is 14.5. The molecule has 20 heavy (non-hydrogen) atoms.